The van der Waals surface area contributed by atoms with E-state index in [2.05, 4.69) is 32.7 Å². The van der Waals surface area contributed by atoms with Crippen LogP contribution in [0.3, 0.4) is 0 Å². The van der Waals surface area contributed by atoms with Gasteiger partial charge in [0.2, 0.25) is 0 Å². The van der Waals surface area contributed by atoms with E-state index >= 15 is 0 Å². The summed E-state index contributed by atoms with van der Waals surface area (Å²) in [5.41, 5.74) is 0. The van der Waals surface area contributed by atoms with E-state index in [1.54, 1.807) is 0 Å². The SMILES string of the molecule is CCCC1CCC(N(C)CCCC(C)C)CC1. The first-order valence-electron chi connectivity index (χ1n) is 7.83. The lowest BCUT2D eigenvalue weighted by atomic mass is 9.83. The highest BCUT2D eigenvalue weighted by molar-refractivity contribution is 4.78. The van der Waals surface area contributed by atoms with Crippen LogP contribution in [0, 0.1) is 11.8 Å². The maximum absolute atomic E-state index is 2.63. The molecule has 0 radical (unpaired) electrons. The standard InChI is InChI=1S/C16H33N/c1-5-7-15-9-11-16(12-10-15)17(4)13-6-8-14(2)3/h14-16H,5-13H2,1-4H3. The average Bonchev–Trinajstić information content (AvgIpc) is 2.30. The maximum atomic E-state index is 2.63. The predicted molar refractivity (Wildman–Crippen MR) is 77.4 cm³/mol. The van der Waals surface area contributed by atoms with Crippen molar-refractivity contribution >= 4 is 0 Å². The minimum Gasteiger partial charge on any atom is -0.303 e. The van der Waals surface area contributed by atoms with E-state index in [1.165, 1.54) is 57.9 Å². The second-order valence-corrected chi connectivity index (χ2v) is 6.48. The lowest BCUT2D eigenvalue weighted by molar-refractivity contribution is 0.158. The molecule has 102 valence electrons. The summed E-state index contributed by atoms with van der Waals surface area (Å²) in [6.45, 7) is 8.29. The molecule has 17 heavy (non-hydrogen) atoms. The first-order valence-corrected chi connectivity index (χ1v) is 7.83. The zero-order valence-corrected chi connectivity index (χ0v) is 12.5. The Balaban J connectivity index is 2.14. The van der Waals surface area contributed by atoms with Gasteiger partial charge in [-0.25, -0.2) is 0 Å². The quantitative estimate of drug-likeness (QED) is 0.622. The van der Waals surface area contributed by atoms with Crippen LogP contribution in [-0.2, 0) is 0 Å². The van der Waals surface area contributed by atoms with Crippen molar-refractivity contribution in [2.45, 2.75) is 78.2 Å². The highest BCUT2D eigenvalue weighted by Gasteiger charge is 2.22. The molecule has 1 saturated carbocycles. The largest absolute Gasteiger partial charge is 0.303 e. The molecule has 0 unspecified atom stereocenters. The van der Waals surface area contributed by atoms with Crippen molar-refractivity contribution in [2.75, 3.05) is 13.6 Å². The Bertz CT molecular complexity index is 180. The summed E-state index contributed by atoms with van der Waals surface area (Å²) in [6.07, 6.45) is 11.5. The zero-order valence-electron chi connectivity index (χ0n) is 12.5. The molecule has 0 aromatic heterocycles. The average molecular weight is 239 g/mol. The zero-order chi connectivity index (χ0) is 12.7. The Labute approximate surface area is 109 Å². The van der Waals surface area contributed by atoms with Gasteiger partial charge in [0, 0.05) is 6.04 Å². The van der Waals surface area contributed by atoms with Crippen molar-refractivity contribution in [3.63, 3.8) is 0 Å². The van der Waals surface area contributed by atoms with Crippen LogP contribution in [0.2, 0.25) is 0 Å². The van der Waals surface area contributed by atoms with E-state index in [0.29, 0.717) is 0 Å². The van der Waals surface area contributed by atoms with Crippen LogP contribution in [0.25, 0.3) is 0 Å². The lowest BCUT2D eigenvalue weighted by Gasteiger charge is -2.34. The van der Waals surface area contributed by atoms with Crippen molar-refractivity contribution in [1.82, 2.24) is 4.90 Å². The van der Waals surface area contributed by atoms with Crippen LogP contribution in [-0.4, -0.2) is 24.5 Å². The summed E-state index contributed by atoms with van der Waals surface area (Å²) < 4.78 is 0. The summed E-state index contributed by atoms with van der Waals surface area (Å²) in [4.78, 5) is 2.63. The minimum atomic E-state index is 0.865. The molecule has 1 aliphatic carbocycles. The normalized spacial score (nSPS) is 25.8. The second-order valence-electron chi connectivity index (χ2n) is 6.48. The smallest absolute Gasteiger partial charge is 0.00924 e. The molecular weight excluding hydrogens is 206 g/mol. The van der Waals surface area contributed by atoms with Gasteiger partial charge in [0.1, 0.15) is 0 Å². The van der Waals surface area contributed by atoms with E-state index in [4.69, 9.17) is 0 Å². The van der Waals surface area contributed by atoms with E-state index in [1.807, 2.05) is 0 Å². The molecule has 0 spiro atoms. The monoisotopic (exact) mass is 239 g/mol. The summed E-state index contributed by atoms with van der Waals surface area (Å²) in [7, 11) is 2.34. The second kappa shape index (κ2) is 8.13. The van der Waals surface area contributed by atoms with Crippen LogP contribution in [0.1, 0.15) is 72.1 Å². The van der Waals surface area contributed by atoms with Crippen molar-refractivity contribution < 1.29 is 0 Å². The van der Waals surface area contributed by atoms with Gasteiger partial charge in [0.15, 0.2) is 0 Å². The summed E-state index contributed by atoms with van der Waals surface area (Å²) in [5, 5.41) is 0. The number of hydrogen-bond donors (Lipinski definition) is 0. The molecule has 1 nitrogen and oxygen atoms in total. The van der Waals surface area contributed by atoms with Crippen LogP contribution in [0.4, 0.5) is 0 Å². The fourth-order valence-corrected chi connectivity index (χ4v) is 3.21. The fourth-order valence-electron chi connectivity index (χ4n) is 3.21. The van der Waals surface area contributed by atoms with Crippen LogP contribution >= 0.6 is 0 Å². The highest BCUT2D eigenvalue weighted by atomic mass is 15.1. The molecule has 0 atom stereocenters. The van der Waals surface area contributed by atoms with Gasteiger partial charge in [-0.15, -0.1) is 0 Å². The van der Waals surface area contributed by atoms with Gasteiger partial charge >= 0.3 is 0 Å². The third kappa shape index (κ3) is 5.90. The van der Waals surface area contributed by atoms with Crippen molar-refractivity contribution in [1.29, 1.82) is 0 Å². The summed E-state index contributed by atoms with van der Waals surface area (Å²) >= 11 is 0. The molecule has 1 rings (SSSR count). The number of rotatable bonds is 7. The molecular formula is C16H33N. The van der Waals surface area contributed by atoms with E-state index in [0.717, 1.165) is 17.9 Å². The van der Waals surface area contributed by atoms with Gasteiger partial charge in [-0.3, -0.25) is 0 Å². The molecule has 1 fully saturated rings. The molecule has 0 aromatic carbocycles. The van der Waals surface area contributed by atoms with Crippen molar-refractivity contribution in [3.05, 3.63) is 0 Å². The first-order chi connectivity index (χ1) is 8.13. The van der Waals surface area contributed by atoms with E-state index < -0.39 is 0 Å². The fraction of sp³-hybridized carbons (Fsp3) is 1.00. The third-order valence-corrected chi connectivity index (χ3v) is 4.43. The third-order valence-electron chi connectivity index (χ3n) is 4.43. The molecule has 0 saturated heterocycles. The van der Waals surface area contributed by atoms with E-state index in [9.17, 15) is 0 Å². The Morgan fingerprint density at radius 3 is 2.29 bits per heavy atom. The lowest BCUT2D eigenvalue weighted by Crippen LogP contribution is -2.35. The van der Waals surface area contributed by atoms with Gasteiger partial charge in [-0.2, -0.15) is 0 Å². The van der Waals surface area contributed by atoms with Gasteiger partial charge in [0.05, 0.1) is 0 Å². The van der Waals surface area contributed by atoms with Gasteiger partial charge in [-0.1, -0.05) is 33.6 Å². The summed E-state index contributed by atoms with van der Waals surface area (Å²) in [6, 6.07) is 0.885. The maximum Gasteiger partial charge on any atom is 0.00924 e. The van der Waals surface area contributed by atoms with Crippen molar-refractivity contribution in [2.24, 2.45) is 11.8 Å². The molecule has 0 N–H and O–H groups in total. The van der Waals surface area contributed by atoms with Gasteiger partial charge < -0.3 is 4.90 Å². The molecule has 0 aromatic rings. The molecule has 1 aliphatic rings. The Hall–Kier alpha value is -0.0400. The van der Waals surface area contributed by atoms with Crippen LogP contribution in [0.5, 0.6) is 0 Å². The first kappa shape index (κ1) is 15.0. The predicted octanol–water partition coefficient (Wildman–Crippen LogP) is 4.71. The number of nitrogens with zero attached hydrogens (tertiary/aromatic N) is 1. The highest BCUT2D eigenvalue weighted by Crippen LogP contribution is 2.30. The van der Waals surface area contributed by atoms with Crippen molar-refractivity contribution in [3.8, 4) is 0 Å². The Morgan fingerprint density at radius 2 is 1.76 bits per heavy atom. The molecule has 1 heteroatoms. The number of hydrogen-bond acceptors (Lipinski definition) is 1. The van der Waals surface area contributed by atoms with E-state index in [-0.39, 0.29) is 0 Å². The van der Waals surface area contributed by atoms with Crippen LogP contribution in [0.15, 0.2) is 0 Å². The Kier molecular flexibility index (Phi) is 7.18. The molecule has 0 bridgehead atoms. The minimum absolute atomic E-state index is 0.865. The Morgan fingerprint density at radius 1 is 1.12 bits per heavy atom. The van der Waals surface area contributed by atoms with Gasteiger partial charge in [0.25, 0.3) is 0 Å². The molecule has 0 amide bonds. The summed E-state index contributed by atoms with van der Waals surface area (Å²) in [5.74, 6) is 1.91. The topological polar surface area (TPSA) is 3.24 Å². The molecule has 0 aliphatic heterocycles. The van der Waals surface area contributed by atoms with Gasteiger partial charge in [-0.05, 0) is 64.0 Å². The van der Waals surface area contributed by atoms with Crippen LogP contribution < -0.4 is 0 Å². The molecule has 0 heterocycles.